The molecule has 2 N–H and O–H groups in total. The Balaban J connectivity index is 1.71. The van der Waals surface area contributed by atoms with E-state index in [1.54, 1.807) is 0 Å². The third-order valence-electron chi connectivity index (χ3n) is 5.00. The maximum absolute atomic E-state index is 5.92. The summed E-state index contributed by atoms with van der Waals surface area (Å²) in [5.74, 6) is 2.57. The summed E-state index contributed by atoms with van der Waals surface area (Å²) in [5.41, 5.74) is 8.27. The second-order valence-electron chi connectivity index (χ2n) is 6.18. The molecule has 3 atom stereocenters. The maximum atomic E-state index is 5.92. The quantitative estimate of drug-likeness (QED) is 0.918. The summed E-state index contributed by atoms with van der Waals surface area (Å²) in [6.07, 6.45) is 5.65. The molecule has 0 aliphatic heterocycles. The monoisotopic (exact) mass is 284 g/mol. The highest BCUT2D eigenvalue weighted by atomic mass is 32.1. The summed E-state index contributed by atoms with van der Waals surface area (Å²) in [5, 5.41) is 1.34. The van der Waals surface area contributed by atoms with Gasteiger partial charge in [-0.15, -0.1) is 11.3 Å². The smallest absolute Gasteiger partial charge is 0.0969 e. The van der Waals surface area contributed by atoms with Crippen molar-refractivity contribution in [1.82, 2.24) is 4.98 Å². The molecule has 2 nitrogen and oxygen atoms in total. The van der Waals surface area contributed by atoms with Crippen LogP contribution in [0.5, 0.6) is 0 Å². The maximum Gasteiger partial charge on any atom is 0.0969 e. The topological polar surface area (TPSA) is 38.9 Å². The number of fused-ring (bicyclic) bond motifs is 2. The third kappa shape index (κ3) is 2.00. The normalized spacial score (nSPS) is 28.1. The largest absolute Gasteiger partial charge is 0.325 e. The van der Waals surface area contributed by atoms with Gasteiger partial charge in [0, 0.05) is 12.5 Å². The predicted molar refractivity (Wildman–Crippen MR) is 83.6 cm³/mol. The lowest BCUT2D eigenvalue weighted by Gasteiger charge is -2.18. The van der Waals surface area contributed by atoms with Crippen LogP contribution in [0.25, 0.3) is 10.4 Å². The van der Waals surface area contributed by atoms with Gasteiger partial charge >= 0.3 is 0 Å². The van der Waals surface area contributed by atoms with Crippen molar-refractivity contribution in [3.63, 3.8) is 0 Å². The van der Waals surface area contributed by atoms with E-state index in [0.717, 1.165) is 17.5 Å². The Labute approximate surface area is 124 Å². The SMILES string of the molecule is NCc1nc(C2CC3CCC2C3)sc1-c1ccccc1. The molecule has 20 heavy (non-hydrogen) atoms. The highest BCUT2D eigenvalue weighted by Crippen LogP contribution is 2.54. The minimum atomic E-state index is 0.543. The van der Waals surface area contributed by atoms with Gasteiger partial charge in [-0.3, -0.25) is 0 Å². The van der Waals surface area contributed by atoms with Crippen LogP contribution in [0, 0.1) is 11.8 Å². The van der Waals surface area contributed by atoms with E-state index in [-0.39, 0.29) is 0 Å². The van der Waals surface area contributed by atoms with Gasteiger partial charge < -0.3 is 5.73 Å². The molecule has 3 heteroatoms. The molecule has 0 radical (unpaired) electrons. The summed E-state index contributed by atoms with van der Waals surface area (Å²) in [6.45, 7) is 0.543. The van der Waals surface area contributed by atoms with Crippen molar-refractivity contribution < 1.29 is 0 Å². The first kappa shape index (κ1) is 12.5. The van der Waals surface area contributed by atoms with Crippen molar-refractivity contribution >= 4 is 11.3 Å². The van der Waals surface area contributed by atoms with Crippen LogP contribution in [0.2, 0.25) is 0 Å². The second-order valence-corrected chi connectivity index (χ2v) is 7.21. The minimum Gasteiger partial charge on any atom is -0.325 e. The third-order valence-corrected chi connectivity index (χ3v) is 6.28. The zero-order valence-corrected chi connectivity index (χ0v) is 12.4. The molecule has 1 aromatic carbocycles. The lowest BCUT2D eigenvalue weighted by molar-refractivity contribution is 0.418. The van der Waals surface area contributed by atoms with Crippen LogP contribution in [-0.4, -0.2) is 4.98 Å². The first-order valence-corrected chi connectivity index (χ1v) is 8.42. The van der Waals surface area contributed by atoms with Gasteiger partial charge in [0.25, 0.3) is 0 Å². The van der Waals surface area contributed by atoms with Crippen LogP contribution in [0.15, 0.2) is 30.3 Å². The molecule has 0 saturated heterocycles. The molecular formula is C17H20N2S. The van der Waals surface area contributed by atoms with Gasteiger partial charge in [-0.25, -0.2) is 4.98 Å². The Bertz CT molecular complexity index is 605. The van der Waals surface area contributed by atoms with Crippen LogP contribution >= 0.6 is 11.3 Å². The average molecular weight is 284 g/mol. The molecule has 0 amide bonds. The Hall–Kier alpha value is -1.19. The number of nitrogens with two attached hydrogens (primary N) is 1. The first-order valence-electron chi connectivity index (χ1n) is 7.60. The summed E-state index contributed by atoms with van der Waals surface area (Å²) in [4.78, 5) is 6.18. The van der Waals surface area contributed by atoms with Crippen molar-refractivity contribution in [2.75, 3.05) is 0 Å². The molecular weight excluding hydrogens is 264 g/mol. The van der Waals surface area contributed by atoms with Gasteiger partial charge in [-0.1, -0.05) is 36.8 Å². The van der Waals surface area contributed by atoms with Crippen molar-refractivity contribution in [3.05, 3.63) is 41.0 Å². The molecule has 2 aliphatic rings. The van der Waals surface area contributed by atoms with Gasteiger partial charge in [0.1, 0.15) is 0 Å². The van der Waals surface area contributed by atoms with Crippen LogP contribution in [0.4, 0.5) is 0 Å². The predicted octanol–water partition coefficient (Wildman–Crippen LogP) is 4.17. The van der Waals surface area contributed by atoms with Crippen molar-refractivity contribution in [2.45, 2.75) is 38.1 Å². The Morgan fingerprint density at radius 1 is 1.15 bits per heavy atom. The van der Waals surface area contributed by atoms with Crippen LogP contribution in [0.3, 0.4) is 0 Å². The number of hydrogen-bond acceptors (Lipinski definition) is 3. The molecule has 2 aliphatic carbocycles. The molecule has 104 valence electrons. The number of hydrogen-bond donors (Lipinski definition) is 1. The fourth-order valence-electron chi connectivity index (χ4n) is 4.03. The Morgan fingerprint density at radius 2 is 2.00 bits per heavy atom. The lowest BCUT2D eigenvalue weighted by atomic mass is 9.89. The standard InChI is InChI=1S/C17H20N2S/c18-10-15-16(12-4-2-1-3-5-12)20-17(19-15)14-9-11-6-7-13(14)8-11/h1-5,11,13-14H,6-10,18H2. The summed E-state index contributed by atoms with van der Waals surface area (Å²) in [7, 11) is 0. The van der Waals surface area contributed by atoms with Crippen LogP contribution < -0.4 is 5.73 Å². The number of thiazole rings is 1. The van der Waals surface area contributed by atoms with Crippen molar-refractivity contribution in [3.8, 4) is 10.4 Å². The second kappa shape index (κ2) is 4.97. The Kier molecular flexibility index (Phi) is 3.12. The molecule has 2 bridgehead atoms. The summed E-state index contributed by atoms with van der Waals surface area (Å²) >= 11 is 1.88. The summed E-state index contributed by atoms with van der Waals surface area (Å²) < 4.78 is 0. The number of nitrogens with zero attached hydrogens (tertiary/aromatic N) is 1. The van der Waals surface area contributed by atoms with E-state index in [0.29, 0.717) is 12.5 Å². The first-order chi connectivity index (χ1) is 9.85. The van der Waals surface area contributed by atoms with Crippen LogP contribution in [-0.2, 0) is 6.54 Å². The molecule has 2 aromatic rings. The fourth-order valence-corrected chi connectivity index (χ4v) is 5.34. The number of benzene rings is 1. The highest BCUT2D eigenvalue weighted by Gasteiger charge is 2.41. The van der Waals surface area contributed by atoms with Crippen molar-refractivity contribution in [1.29, 1.82) is 0 Å². The van der Waals surface area contributed by atoms with E-state index in [2.05, 4.69) is 30.3 Å². The Morgan fingerprint density at radius 3 is 2.65 bits per heavy atom. The molecule has 2 saturated carbocycles. The van der Waals surface area contributed by atoms with Crippen molar-refractivity contribution in [2.24, 2.45) is 17.6 Å². The lowest BCUT2D eigenvalue weighted by Crippen LogP contribution is -2.08. The minimum absolute atomic E-state index is 0.543. The van der Waals surface area contributed by atoms with E-state index < -0.39 is 0 Å². The molecule has 1 heterocycles. The van der Waals surface area contributed by atoms with Gasteiger partial charge in [-0.05, 0) is 36.7 Å². The highest BCUT2D eigenvalue weighted by molar-refractivity contribution is 7.15. The zero-order chi connectivity index (χ0) is 13.5. The molecule has 3 unspecified atom stereocenters. The molecule has 1 aromatic heterocycles. The van der Waals surface area contributed by atoms with Gasteiger partial charge in [0.15, 0.2) is 0 Å². The van der Waals surface area contributed by atoms with E-state index in [1.165, 1.54) is 41.1 Å². The van der Waals surface area contributed by atoms with Gasteiger partial charge in [0.2, 0.25) is 0 Å². The van der Waals surface area contributed by atoms with E-state index in [9.17, 15) is 0 Å². The zero-order valence-electron chi connectivity index (χ0n) is 11.6. The number of aromatic nitrogens is 1. The van der Waals surface area contributed by atoms with Gasteiger partial charge in [0.05, 0.1) is 15.6 Å². The average Bonchev–Trinajstić information content (AvgIpc) is 3.22. The molecule has 2 fully saturated rings. The van der Waals surface area contributed by atoms with E-state index in [4.69, 9.17) is 10.7 Å². The summed E-state index contributed by atoms with van der Waals surface area (Å²) in [6, 6.07) is 10.6. The fraction of sp³-hybridized carbons (Fsp3) is 0.471. The number of rotatable bonds is 3. The molecule has 0 spiro atoms. The molecule has 4 rings (SSSR count). The van der Waals surface area contributed by atoms with E-state index >= 15 is 0 Å². The van der Waals surface area contributed by atoms with Crippen LogP contribution in [0.1, 0.15) is 42.3 Å². The van der Waals surface area contributed by atoms with E-state index in [1.807, 2.05) is 11.3 Å². The van der Waals surface area contributed by atoms with Gasteiger partial charge in [-0.2, -0.15) is 0 Å².